The van der Waals surface area contributed by atoms with Gasteiger partial charge in [0.15, 0.2) is 0 Å². The van der Waals surface area contributed by atoms with Crippen molar-refractivity contribution in [1.82, 2.24) is 4.90 Å². The number of methoxy groups -OCH3 is 1. The number of nitrogens with zero attached hydrogens (tertiary/aromatic N) is 1. The number of hydrogen-bond donors (Lipinski definition) is 1. The summed E-state index contributed by atoms with van der Waals surface area (Å²) < 4.78 is 24.5. The van der Waals surface area contributed by atoms with Gasteiger partial charge in [0, 0.05) is 19.2 Å². The SMILES string of the molecule is COCCN1C(=O)C(=O)/C(=C(\O)c2ccc(F)c(C)c2)C1c1ccc(OC(C)C)cc1. The van der Waals surface area contributed by atoms with Crippen LogP contribution in [0.5, 0.6) is 5.75 Å². The first-order valence-electron chi connectivity index (χ1n) is 10.0. The van der Waals surface area contributed by atoms with Crippen LogP contribution in [0.4, 0.5) is 4.39 Å². The predicted molar refractivity (Wildman–Crippen MR) is 114 cm³/mol. The molecule has 1 aliphatic rings. The molecule has 1 N–H and O–H groups in total. The Hall–Kier alpha value is -3.19. The van der Waals surface area contributed by atoms with Crippen molar-refractivity contribution >= 4 is 17.4 Å². The molecule has 1 heterocycles. The van der Waals surface area contributed by atoms with Crippen molar-refractivity contribution in [2.45, 2.75) is 32.9 Å². The lowest BCUT2D eigenvalue weighted by molar-refractivity contribution is -0.140. The largest absolute Gasteiger partial charge is 0.507 e. The number of rotatable bonds is 7. The number of ketones is 1. The highest BCUT2D eigenvalue weighted by Crippen LogP contribution is 2.39. The normalized spacial score (nSPS) is 18.1. The monoisotopic (exact) mass is 427 g/mol. The first-order chi connectivity index (χ1) is 14.7. The van der Waals surface area contributed by atoms with Gasteiger partial charge in [-0.25, -0.2) is 4.39 Å². The van der Waals surface area contributed by atoms with E-state index >= 15 is 0 Å². The van der Waals surface area contributed by atoms with E-state index in [0.717, 1.165) is 0 Å². The molecule has 31 heavy (non-hydrogen) atoms. The summed E-state index contributed by atoms with van der Waals surface area (Å²) in [6, 6.07) is 10.3. The van der Waals surface area contributed by atoms with Crippen LogP contribution in [0.1, 0.15) is 36.6 Å². The molecule has 6 nitrogen and oxygen atoms in total. The summed E-state index contributed by atoms with van der Waals surface area (Å²) in [5.74, 6) is -1.61. The molecule has 2 aromatic carbocycles. The number of halogens is 1. The van der Waals surface area contributed by atoms with E-state index in [0.29, 0.717) is 16.9 Å². The zero-order chi connectivity index (χ0) is 22.7. The van der Waals surface area contributed by atoms with Crippen molar-refractivity contribution in [2.24, 2.45) is 0 Å². The highest BCUT2D eigenvalue weighted by molar-refractivity contribution is 6.46. The zero-order valence-corrected chi connectivity index (χ0v) is 18.0. The summed E-state index contributed by atoms with van der Waals surface area (Å²) in [4.78, 5) is 27.0. The Balaban J connectivity index is 2.11. The Morgan fingerprint density at radius 3 is 2.42 bits per heavy atom. The number of amides is 1. The van der Waals surface area contributed by atoms with Gasteiger partial charge in [-0.3, -0.25) is 9.59 Å². The van der Waals surface area contributed by atoms with Gasteiger partial charge >= 0.3 is 0 Å². The van der Waals surface area contributed by atoms with Gasteiger partial charge < -0.3 is 19.5 Å². The van der Waals surface area contributed by atoms with Crippen LogP contribution >= 0.6 is 0 Å². The first kappa shape index (κ1) is 22.5. The highest BCUT2D eigenvalue weighted by Gasteiger charge is 2.45. The molecule has 0 saturated carbocycles. The molecule has 7 heteroatoms. The van der Waals surface area contributed by atoms with Gasteiger partial charge in [0.1, 0.15) is 17.3 Å². The predicted octanol–water partition coefficient (Wildman–Crippen LogP) is 3.99. The summed E-state index contributed by atoms with van der Waals surface area (Å²) in [6.45, 7) is 5.80. The van der Waals surface area contributed by atoms with Gasteiger partial charge in [0.2, 0.25) is 0 Å². The third-order valence-corrected chi connectivity index (χ3v) is 5.08. The summed E-state index contributed by atoms with van der Waals surface area (Å²) >= 11 is 0. The van der Waals surface area contributed by atoms with Crippen molar-refractivity contribution in [3.63, 3.8) is 0 Å². The van der Waals surface area contributed by atoms with Crippen LogP contribution in [-0.2, 0) is 14.3 Å². The highest BCUT2D eigenvalue weighted by atomic mass is 19.1. The second kappa shape index (κ2) is 9.31. The third-order valence-electron chi connectivity index (χ3n) is 5.08. The molecule has 1 amide bonds. The van der Waals surface area contributed by atoms with Crippen LogP contribution < -0.4 is 4.74 Å². The number of aliphatic hydroxyl groups is 1. The zero-order valence-electron chi connectivity index (χ0n) is 18.0. The number of hydrogen-bond acceptors (Lipinski definition) is 5. The molecule has 0 aromatic heterocycles. The van der Waals surface area contributed by atoms with Gasteiger partial charge in [0.05, 0.1) is 24.3 Å². The molecule has 3 rings (SSSR count). The van der Waals surface area contributed by atoms with E-state index in [1.807, 2.05) is 13.8 Å². The average Bonchev–Trinajstić information content (AvgIpc) is 2.98. The Labute approximate surface area is 180 Å². The minimum atomic E-state index is -0.798. The summed E-state index contributed by atoms with van der Waals surface area (Å²) in [5.41, 5.74) is 1.20. The van der Waals surface area contributed by atoms with E-state index in [1.54, 1.807) is 31.2 Å². The van der Waals surface area contributed by atoms with Crippen molar-refractivity contribution < 1.29 is 28.6 Å². The summed E-state index contributed by atoms with van der Waals surface area (Å²) in [7, 11) is 1.50. The molecule has 0 aliphatic carbocycles. The molecule has 0 spiro atoms. The smallest absolute Gasteiger partial charge is 0.295 e. The molecule has 1 aliphatic heterocycles. The van der Waals surface area contributed by atoms with Crippen LogP contribution in [-0.4, -0.2) is 48.1 Å². The van der Waals surface area contributed by atoms with E-state index in [4.69, 9.17) is 9.47 Å². The molecule has 164 valence electrons. The quantitative estimate of drug-likeness (QED) is 0.411. The summed E-state index contributed by atoms with van der Waals surface area (Å²) in [6.07, 6.45) is -0.0000884. The number of likely N-dealkylation sites (tertiary alicyclic amines) is 1. The second-order valence-electron chi connectivity index (χ2n) is 7.68. The number of aryl methyl sites for hydroxylation is 1. The molecule has 1 fully saturated rings. The fourth-order valence-electron chi connectivity index (χ4n) is 3.60. The number of Topliss-reactive ketones (excluding diaryl/α,β-unsaturated/α-hetero) is 1. The van der Waals surface area contributed by atoms with Crippen LogP contribution in [0.25, 0.3) is 5.76 Å². The van der Waals surface area contributed by atoms with Gasteiger partial charge in [-0.05, 0) is 62.2 Å². The molecule has 0 bridgehead atoms. The minimum absolute atomic E-state index is 0.0000884. The van der Waals surface area contributed by atoms with Crippen molar-refractivity contribution in [2.75, 3.05) is 20.3 Å². The number of carbonyl (C=O) groups is 2. The molecule has 0 radical (unpaired) electrons. The molecule has 1 unspecified atom stereocenters. The molecular weight excluding hydrogens is 401 g/mol. The van der Waals surface area contributed by atoms with Gasteiger partial charge in [-0.2, -0.15) is 0 Å². The number of aliphatic hydroxyl groups excluding tert-OH is 1. The Kier molecular flexibility index (Phi) is 6.75. The van der Waals surface area contributed by atoms with Crippen molar-refractivity contribution in [1.29, 1.82) is 0 Å². The minimum Gasteiger partial charge on any atom is -0.507 e. The number of ether oxygens (including phenoxy) is 2. The fraction of sp³-hybridized carbons (Fsp3) is 0.333. The Morgan fingerprint density at radius 1 is 1.16 bits per heavy atom. The number of carbonyl (C=O) groups excluding carboxylic acids is 2. The second-order valence-corrected chi connectivity index (χ2v) is 7.68. The van der Waals surface area contributed by atoms with E-state index in [9.17, 15) is 19.1 Å². The topological polar surface area (TPSA) is 76.1 Å². The lowest BCUT2D eigenvalue weighted by Crippen LogP contribution is -2.32. The third kappa shape index (κ3) is 4.61. The van der Waals surface area contributed by atoms with Crippen molar-refractivity contribution in [3.05, 3.63) is 70.5 Å². The van der Waals surface area contributed by atoms with E-state index < -0.39 is 23.5 Å². The van der Waals surface area contributed by atoms with Crippen molar-refractivity contribution in [3.8, 4) is 5.75 Å². The maximum Gasteiger partial charge on any atom is 0.295 e. The maximum absolute atomic E-state index is 13.7. The van der Waals surface area contributed by atoms with Gasteiger partial charge in [-0.15, -0.1) is 0 Å². The van der Waals surface area contributed by atoms with Crippen LogP contribution in [0.15, 0.2) is 48.0 Å². The van der Waals surface area contributed by atoms with Gasteiger partial charge in [0.25, 0.3) is 11.7 Å². The molecule has 1 atom stereocenters. The molecular formula is C24H26FNO5. The van der Waals surface area contributed by atoms with E-state index in [-0.39, 0.29) is 36.2 Å². The fourth-order valence-corrected chi connectivity index (χ4v) is 3.60. The molecule has 2 aromatic rings. The number of benzene rings is 2. The average molecular weight is 427 g/mol. The van der Waals surface area contributed by atoms with Crippen LogP contribution in [0.2, 0.25) is 0 Å². The van der Waals surface area contributed by atoms with E-state index in [2.05, 4.69) is 0 Å². The summed E-state index contributed by atoms with van der Waals surface area (Å²) in [5, 5.41) is 11.0. The standard InChI is InChI=1S/C24H26FNO5/c1-14(2)31-18-8-5-16(6-9-18)21-20(23(28)24(29)26(21)11-12-30-4)22(27)17-7-10-19(25)15(3)13-17/h5-10,13-14,21,27H,11-12H2,1-4H3/b22-20-. The lowest BCUT2D eigenvalue weighted by Gasteiger charge is -2.25. The Morgan fingerprint density at radius 2 is 1.84 bits per heavy atom. The first-order valence-corrected chi connectivity index (χ1v) is 10.0. The van der Waals surface area contributed by atoms with Gasteiger partial charge in [-0.1, -0.05) is 12.1 Å². The Bertz CT molecular complexity index is 1010. The lowest BCUT2D eigenvalue weighted by atomic mass is 9.94. The van der Waals surface area contributed by atoms with E-state index in [1.165, 1.54) is 30.2 Å². The van der Waals surface area contributed by atoms with Crippen LogP contribution in [0, 0.1) is 12.7 Å². The van der Waals surface area contributed by atoms with Crippen LogP contribution in [0.3, 0.4) is 0 Å². The maximum atomic E-state index is 13.7. The molecule has 1 saturated heterocycles.